The Bertz CT molecular complexity index is 888. The van der Waals surface area contributed by atoms with Crippen molar-refractivity contribution in [2.24, 2.45) is 0 Å². The van der Waals surface area contributed by atoms with E-state index < -0.39 is 66.6 Å². The van der Waals surface area contributed by atoms with Crippen molar-refractivity contribution in [1.29, 1.82) is 0 Å². The van der Waals surface area contributed by atoms with Crippen LogP contribution >= 0.6 is 11.3 Å². The summed E-state index contributed by atoms with van der Waals surface area (Å²) in [4.78, 5) is 11.0. The fourth-order valence-corrected chi connectivity index (χ4v) is 2.71. The minimum absolute atomic E-state index is 0.371. The fraction of sp³-hybridized carbons (Fsp3) is 0.667. The standard InChI is InChI=1S/C15H7F17O2S/c16-8(17,3-4-34-7(33)6-2-1-5-35-6)9(18,19)10(20,21)11(22,23)12(24,25)13(26,27)14(28,29)15(30,31)32/h1-2,5H,3-4H2. The lowest BCUT2D eigenvalue weighted by atomic mass is 9.88. The van der Waals surface area contributed by atoms with Crippen molar-refractivity contribution in [2.75, 3.05) is 6.61 Å². The molecular weight excluding hydrogens is 567 g/mol. The molecule has 1 rings (SSSR count). The third-order valence-corrected chi connectivity index (χ3v) is 5.01. The van der Waals surface area contributed by atoms with Crippen molar-refractivity contribution in [3.8, 4) is 0 Å². The Kier molecular flexibility index (Phi) is 7.82. The summed E-state index contributed by atoms with van der Waals surface area (Å²) in [6.45, 7) is -1.97. The lowest BCUT2D eigenvalue weighted by molar-refractivity contribution is -0.461. The molecule has 0 atom stereocenters. The van der Waals surface area contributed by atoms with Crippen LogP contribution in [0.5, 0.6) is 0 Å². The van der Waals surface area contributed by atoms with Gasteiger partial charge in [0.2, 0.25) is 0 Å². The van der Waals surface area contributed by atoms with Crippen LogP contribution in [0.2, 0.25) is 0 Å². The molecule has 0 fully saturated rings. The van der Waals surface area contributed by atoms with E-state index in [0.717, 1.165) is 6.07 Å². The van der Waals surface area contributed by atoms with Crippen LogP contribution in [0.15, 0.2) is 17.5 Å². The topological polar surface area (TPSA) is 26.3 Å². The van der Waals surface area contributed by atoms with Gasteiger partial charge in [0.15, 0.2) is 0 Å². The molecule has 0 unspecified atom stereocenters. The van der Waals surface area contributed by atoms with Crippen molar-refractivity contribution in [1.82, 2.24) is 0 Å². The number of rotatable bonds is 10. The van der Waals surface area contributed by atoms with Gasteiger partial charge in [-0.15, -0.1) is 11.3 Å². The average Bonchev–Trinajstić information content (AvgIpc) is 3.20. The summed E-state index contributed by atoms with van der Waals surface area (Å²) < 4.78 is 227. The van der Waals surface area contributed by atoms with Gasteiger partial charge in [0.25, 0.3) is 0 Å². The van der Waals surface area contributed by atoms with E-state index in [9.17, 15) is 79.4 Å². The molecule has 0 N–H and O–H groups in total. The van der Waals surface area contributed by atoms with Gasteiger partial charge in [0, 0.05) is 0 Å². The van der Waals surface area contributed by atoms with E-state index in [4.69, 9.17) is 0 Å². The average molecular weight is 574 g/mol. The van der Waals surface area contributed by atoms with Crippen LogP contribution in [0.25, 0.3) is 0 Å². The molecule has 0 saturated carbocycles. The first-order valence-corrected chi connectivity index (χ1v) is 9.04. The second-order valence-electron chi connectivity index (χ2n) is 6.51. The monoisotopic (exact) mass is 574 g/mol. The molecule has 20 heteroatoms. The molecule has 1 aromatic rings. The van der Waals surface area contributed by atoms with Crippen molar-refractivity contribution < 1.29 is 84.2 Å². The van der Waals surface area contributed by atoms with Gasteiger partial charge in [-0.2, -0.15) is 74.6 Å². The van der Waals surface area contributed by atoms with Gasteiger partial charge >= 0.3 is 53.6 Å². The molecule has 2 nitrogen and oxygen atoms in total. The molecule has 0 amide bonds. The predicted octanol–water partition coefficient (Wildman–Crippen LogP) is 7.30. The molecule has 0 radical (unpaired) electrons. The Labute approximate surface area is 185 Å². The van der Waals surface area contributed by atoms with Crippen LogP contribution in [0.1, 0.15) is 16.1 Å². The highest BCUT2D eigenvalue weighted by atomic mass is 32.1. The first kappa shape index (κ1) is 31.0. The van der Waals surface area contributed by atoms with Gasteiger partial charge in [-0.1, -0.05) is 6.07 Å². The van der Waals surface area contributed by atoms with E-state index in [-0.39, 0.29) is 4.88 Å². The summed E-state index contributed by atoms with van der Waals surface area (Å²) in [5.41, 5.74) is 0. The number of thiophene rings is 1. The Morgan fingerprint density at radius 1 is 0.657 bits per heavy atom. The molecule has 0 aliphatic carbocycles. The number of hydrogen-bond acceptors (Lipinski definition) is 3. The summed E-state index contributed by atoms with van der Waals surface area (Å²) in [6, 6.07) is 2.17. The normalized spacial score (nSPS) is 15.3. The van der Waals surface area contributed by atoms with E-state index in [1.54, 1.807) is 0 Å². The fourth-order valence-electron chi connectivity index (χ4n) is 2.09. The number of carbonyl (C=O) groups is 1. The first-order chi connectivity index (χ1) is 15.2. The highest BCUT2D eigenvalue weighted by Gasteiger charge is 2.95. The number of esters is 1. The molecule has 0 aliphatic heterocycles. The van der Waals surface area contributed by atoms with Crippen LogP contribution in [0.4, 0.5) is 74.6 Å². The zero-order valence-electron chi connectivity index (χ0n) is 15.8. The van der Waals surface area contributed by atoms with E-state index in [1.165, 1.54) is 11.4 Å². The molecule has 204 valence electrons. The summed E-state index contributed by atoms with van der Waals surface area (Å²) in [5.74, 6) is -58.3. The van der Waals surface area contributed by atoms with Gasteiger partial charge in [-0.25, -0.2) is 4.79 Å². The van der Waals surface area contributed by atoms with E-state index in [2.05, 4.69) is 4.74 Å². The molecule has 0 saturated heterocycles. The van der Waals surface area contributed by atoms with E-state index in [0.29, 0.717) is 11.3 Å². The van der Waals surface area contributed by atoms with Crippen LogP contribution in [0, 0.1) is 0 Å². The molecule has 1 heterocycles. The number of halogens is 17. The van der Waals surface area contributed by atoms with E-state index in [1.807, 2.05) is 0 Å². The summed E-state index contributed by atoms with van der Waals surface area (Å²) in [7, 11) is 0. The summed E-state index contributed by atoms with van der Waals surface area (Å²) >= 11 is 0.586. The van der Waals surface area contributed by atoms with Crippen molar-refractivity contribution in [3.63, 3.8) is 0 Å². The van der Waals surface area contributed by atoms with Gasteiger partial charge in [-0.05, 0) is 11.4 Å². The number of hydrogen-bond donors (Lipinski definition) is 0. The maximum absolute atomic E-state index is 13.6. The molecule has 35 heavy (non-hydrogen) atoms. The SMILES string of the molecule is O=C(OCCC(F)(F)C(F)(F)C(F)(F)C(F)(F)C(F)(F)C(F)(F)C(F)(F)C(F)(F)F)c1cccs1. The summed E-state index contributed by atoms with van der Waals surface area (Å²) in [6.07, 6.45) is -10.6. The number of ether oxygens (including phenoxy) is 1. The first-order valence-electron chi connectivity index (χ1n) is 8.16. The smallest absolute Gasteiger partial charge is 0.460 e. The van der Waals surface area contributed by atoms with Crippen LogP contribution in [-0.4, -0.2) is 60.2 Å². The largest absolute Gasteiger partial charge is 0.461 e. The van der Waals surface area contributed by atoms with Gasteiger partial charge < -0.3 is 4.74 Å². The van der Waals surface area contributed by atoms with Crippen LogP contribution in [0.3, 0.4) is 0 Å². The van der Waals surface area contributed by atoms with Crippen molar-refractivity contribution in [3.05, 3.63) is 22.4 Å². The van der Waals surface area contributed by atoms with Crippen LogP contribution < -0.4 is 0 Å². The van der Waals surface area contributed by atoms with Gasteiger partial charge in [0.05, 0.1) is 13.0 Å². The lowest BCUT2D eigenvalue weighted by Gasteiger charge is -2.42. The number of carbonyl (C=O) groups excluding carboxylic acids is 1. The Balaban J connectivity index is 3.32. The minimum Gasteiger partial charge on any atom is -0.461 e. The summed E-state index contributed by atoms with van der Waals surface area (Å²) in [5, 5.41) is 1.21. The second kappa shape index (κ2) is 8.82. The van der Waals surface area contributed by atoms with Gasteiger partial charge in [0.1, 0.15) is 4.88 Å². The molecule has 1 aromatic heterocycles. The number of alkyl halides is 17. The Morgan fingerprint density at radius 2 is 1.06 bits per heavy atom. The van der Waals surface area contributed by atoms with Crippen molar-refractivity contribution >= 4 is 17.3 Å². The second-order valence-corrected chi connectivity index (χ2v) is 7.46. The predicted molar refractivity (Wildman–Crippen MR) is 79.9 cm³/mol. The maximum Gasteiger partial charge on any atom is 0.460 e. The molecule has 0 aliphatic rings. The van der Waals surface area contributed by atoms with E-state index >= 15 is 0 Å². The zero-order chi connectivity index (χ0) is 28.1. The molecule has 0 aromatic carbocycles. The third kappa shape index (κ3) is 4.61. The minimum atomic E-state index is -8.67. The van der Waals surface area contributed by atoms with Crippen molar-refractivity contribution in [2.45, 2.75) is 54.1 Å². The third-order valence-electron chi connectivity index (χ3n) is 4.16. The highest BCUT2D eigenvalue weighted by Crippen LogP contribution is 2.64. The molecule has 0 spiro atoms. The lowest BCUT2D eigenvalue weighted by Crippen LogP contribution is -2.74. The molecule has 0 bridgehead atoms. The Morgan fingerprint density at radius 3 is 1.43 bits per heavy atom. The molecular formula is C15H7F17O2S. The zero-order valence-corrected chi connectivity index (χ0v) is 16.6. The maximum atomic E-state index is 13.6. The van der Waals surface area contributed by atoms with Crippen LogP contribution in [-0.2, 0) is 4.74 Å². The highest BCUT2D eigenvalue weighted by molar-refractivity contribution is 7.11. The van der Waals surface area contributed by atoms with Gasteiger partial charge in [-0.3, -0.25) is 0 Å². The quantitative estimate of drug-likeness (QED) is 0.217. The Hall–Kier alpha value is -2.02.